The molecule has 1 aromatic rings. The first-order valence-electron chi connectivity index (χ1n) is 8.08. The molecule has 2 rings (SSSR count). The van der Waals surface area contributed by atoms with Gasteiger partial charge >= 0.3 is 0 Å². The standard InChI is InChI=1S/C17H27NO2S/c1-15-8-10-17(11-9-15)14-21(19,20)18-13-12-16-6-4-2-3-5-7-16/h8-11,16,18H,2-7,12-14H2,1H3. The maximum Gasteiger partial charge on any atom is 0.215 e. The number of nitrogens with one attached hydrogen (secondary N) is 1. The SMILES string of the molecule is Cc1ccc(CS(=O)(=O)NCCC2CCCCCC2)cc1. The number of rotatable bonds is 6. The minimum absolute atomic E-state index is 0.0813. The minimum Gasteiger partial charge on any atom is -0.215 e. The molecule has 0 aliphatic heterocycles. The highest BCUT2D eigenvalue weighted by atomic mass is 32.2. The van der Waals surface area contributed by atoms with Crippen LogP contribution in [0.5, 0.6) is 0 Å². The van der Waals surface area contributed by atoms with Gasteiger partial charge in [-0.1, -0.05) is 68.4 Å². The first-order valence-corrected chi connectivity index (χ1v) is 9.73. The first kappa shape index (κ1) is 16.5. The molecular weight excluding hydrogens is 282 g/mol. The van der Waals surface area contributed by atoms with Gasteiger partial charge in [0.2, 0.25) is 10.0 Å². The summed E-state index contributed by atoms with van der Waals surface area (Å²) in [5, 5.41) is 0. The molecule has 1 aliphatic rings. The van der Waals surface area contributed by atoms with E-state index >= 15 is 0 Å². The zero-order chi connectivity index (χ0) is 15.1. The smallest absolute Gasteiger partial charge is 0.215 e. The molecule has 1 aliphatic carbocycles. The van der Waals surface area contributed by atoms with Crippen LogP contribution in [-0.4, -0.2) is 15.0 Å². The Kier molecular flexibility index (Phi) is 6.24. The Labute approximate surface area is 129 Å². The van der Waals surface area contributed by atoms with Gasteiger partial charge in [-0.3, -0.25) is 0 Å². The van der Waals surface area contributed by atoms with Crippen molar-refractivity contribution in [3.05, 3.63) is 35.4 Å². The molecule has 4 heteroatoms. The monoisotopic (exact) mass is 309 g/mol. The van der Waals surface area contributed by atoms with Crippen LogP contribution in [-0.2, 0) is 15.8 Å². The normalized spacial score (nSPS) is 17.6. The van der Waals surface area contributed by atoms with Gasteiger partial charge in [0.25, 0.3) is 0 Å². The van der Waals surface area contributed by atoms with Crippen LogP contribution in [0.25, 0.3) is 0 Å². The third kappa shape index (κ3) is 6.18. The molecule has 0 saturated heterocycles. The van der Waals surface area contributed by atoms with Crippen molar-refractivity contribution in [2.45, 2.75) is 57.6 Å². The summed E-state index contributed by atoms with van der Waals surface area (Å²) in [5.74, 6) is 0.785. The average molecular weight is 309 g/mol. The molecule has 1 aromatic carbocycles. The number of aryl methyl sites for hydroxylation is 1. The molecule has 1 fully saturated rings. The van der Waals surface area contributed by atoms with E-state index in [2.05, 4.69) is 4.72 Å². The third-order valence-electron chi connectivity index (χ3n) is 4.33. The molecule has 0 aromatic heterocycles. The van der Waals surface area contributed by atoms with Gasteiger partial charge in [0, 0.05) is 6.54 Å². The zero-order valence-corrected chi connectivity index (χ0v) is 13.8. The lowest BCUT2D eigenvalue weighted by molar-refractivity contribution is 0.427. The molecule has 0 heterocycles. The van der Waals surface area contributed by atoms with Crippen LogP contribution >= 0.6 is 0 Å². The molecule has 0 radical (unpaired) electrons. The van der Waals surface area contributed by atoms with E-state index in [1.165, 1.54) is 38.5 Å². The highest BCUT2D eigenvalue weighted by Crippen LogP contribution is 2.25. The Morgan fingerprint density at radius 3 is 2.29 bits per heavy atom. The van der Waals surface area contributed by atoms with Crippen molar-refractivity contribution in [1.82, 2.24) is 4.72 Å². The molecular formula is C17H27NO2S. The van der Waals surface area contributed by atoms with E-state index in [9.17, 15) is 8.42 Å². The van der Waals surface area contributed by atoms with Crippen molar-refractivity contribution in [3.63, 3.8) is 0 Å². The largest absolute Gasteiger partial charge is 0.215 e. The molecule has 0 amide bonds. The van der Waals surface area contributed by atoms with Crippen molar-refractivity contribution < 1.29 is 8.42 Å². The molecule has 118 valence electrons. The van der Waals surface area contributed by atoms with Crippen molar-refractivity contribution in [1.29, 1.82) is 0 Å². The Morgan fingerprint density at radius 1 is 1.05 bits per heavy atom. The second-order valence-electron chi connectivity index (χ2n) is 6.29. The Morgan fingerprint density at radius 2 is 1.67 bits per heavy atom. The highest BCUT2D eigenvalue weighted by Gasteiger charge is 2.15. The summed E-state index contributed by atoms with van der Waals surface area (Å²) in [6, 6.07) is 7.69. The maximum absolute atomic E-state index is 12.1. The predicted molar refractivity (Wildman–Crippen MR) is 87.6 cm³/mol. The van der Waals surface area contributed by atoms with Crippen molar-refractivity contribution in [3.8, 4) is 0 Å². The summed E-state index contributed by atoms with van der Waals surface area (Å²) in [6.45, 7) is 2.59. The van der Waals surface area contributed by atoms with Gasteiger partial charge in [-0.25, -0.2) is 13.1 Å². The average Bonchev–Trinajstić information content (AvgIpc) is 2.70. The lowest BCUT2D eigenvalue weighted by Crippen LogP contribution is -2.27. The van der Waals surface area contributed by atoms with E-state index in [-0.39, 0.29) is 5.75 Å². The fourth-order valence-electron chi connectivity index (χ4n) is 3.03. The summed E-state index contributed by atoms with van der Waals surface area (Å²) in [7, 11) is -3.21. The summed E-state index contributed by atoms with van der Waals surface area (Å²) >= 11 is 0. The van der Waals surface area contributed by atoms with E-state index in [0.717, 1.165) is 17.5 Å². The van der Waals surface area contributed by atoms with E-state index in [0.29, 0.717) is 12.5 Å². The van der Waals surface area contributed by atoms with Crippen LogP contribution in [0, 0.1) is 12.8 Å². The van der Waals surface area contributed by atoms with Crippen LogP contribution in [0.4, 0.5) is 0 Å². The van der Waals surface area contributed by atoms with Crippen molar-refractivity contribution in [2.24, 2.45) is 5.92 Å². The minimum atomic E-state index is -3.21. The fraction of sp³-hybridized carbons (Fsp3) is 0.647. The lowest BCUT2D eigenvalue weighted by atomic mass is 9.97. The Bertz CT molecular complexity index is 514. The van der Waals surface area contributed by atoms with Crippen LogP contribution < -0.4 is 4.72 Å². The summed E-state index contributed by atoms with van der Waals surface area (Å²) in [6.07, 6.45) is 8.80. The van der Waals surface area contributed by atoms with Gasteiger partial charge in [0.05, 0.1) is 5.75 Å². The van der Waals surface area contributed by atoms with E-state index in [1.807, 2.05) is 31.2 Å². The molecule has 0 atom stereocenters. The topological polar surface area (TPSA) is 46.2 Å². The van der Waals surface area contributed by atoms with Gasteiger partial charge in [-0.05, 0) is 24.8 Å². The van der Waals surface area contributed by atoms with Crippen LogP contribution in [0.15, 0.2) is 24.3 Å². The zero-order valence-electron chi connectivity index (χ0n) is 13.0. The molecule has 1 saturated carbocycles. The summed E-state index contributed by atoms with van der Waals surface area (Å²) < 4.78 is 26.9. The molecule has 1 N–H and O–H groups in total. The molecule has 0 spiro atoms. The fourth-order valence-corrected chi connectivity index (χ4v) is 4.19. The van der Waals surface area contributed by atoms with Gasteiger partial charge in [0.1, 0.15) is 0 Å². The second kappa shape index (κ2) is 7.95. The first-order chi connectivity index (χ1) is 10.1. The Balaban J connectivity index is 1.76. The van der Waals surface area contributed by atoms with Crippen LogP contribution in [0.1, 0.15) is 56.1 Å². The highest BCUT2D eigenvalue weighted by molar-refractivity contribution is 7.88. The molecule has 0 unspecified atom stereocenters. The number of hydrogen-bond donors (Lipinski definition) is 1. The quantitative estimate of drug-likeness (QED) is 0.813. The van der Waals surface area contributed by atoms with E-state index in [1.54, 1.807) is 0 Å². The number of hydrogen-bond acceptors (Lipinski definition) is 2. The third-order valence-corrected chi connectivity index (χ3v) is 5.68. The number of benzene rings is 1. The van der Waals surface area contributed by atoms with Gasteiger partial charge in [0.15, 0.2) is 0 Å². The van der Waals surface area contributed by atoms with Gasteiger partial charge < -0.3 is 0 Å². The maximum atomic E-state index is 12.1. The summed E-state index contributed by atoms with van der Waals surface area (Å²) in [4.78, 5) is 0. The molecule has 0 bridgehead atoms. The Hall–Kier alpha value is -0.870. The van der Waals surface area contributed by atoms with E-state index < -0.39 is 10.0 Å². The summed E-state index contributed by atoms with van der Waals surface area (Å²) in [5.41, 5.74) is 2.00. The van der Waals surface area contributed by atoms with Crippen LogP contribution in [0.3, 0.4) is 0 Å². The van der Waals surface area contributed by atoms with E-state index in [4.69, 9.17) is 0 Å². The van der Waals surface area contributed by atoms with Crippen molar-refractivity contribution >= 4 is 10.0 Å². The number of sulfonamides is 1. The van der Waals surface area contributed by atoms with Gasteiger partial charge in [-0.2, -0.15) is 0 Å². The van der Waals surface area contributed by atoms with Crippen LogP contribution in [0.2, 0.25) is 0 Å². The van der Waals surface area contributed by atoms with Crippen molar-refractivity contribution in [2.75, 3.05) is 6.54 Å². The lowest BCUT2D eigenvalue weighted by Gasteiger charge is -2.14. The second-order valence-corrected chi connectivity index (χ2v) is 8.09. The van der Waals surface area contributed by atoms with Gasteiger partial charge in [-0.15, -0.1) is 0 Å². The molecule has 21 heavy (non-hydrogen) atoms. The molecule has 3 nitrogen and oxygen atoms in total. The predicted octanol–water partition coefficient (Wildman–Crippen LogP) is 3.77.